The van der Waals surface area contributed by atoms with E-state index in [1.165, 1.54) is 0 Å². The number of halogens is 2. The van der Waals surface area contributed by atoms with Crippen molar-refractivity contribution >= 4 is 47.0 Å². The third-order valence-corrected chi connectivity index (χ3v) is 7.56. The van der Waals surface area contributed by atoms with E-state index >= 15 is 0 Å². The summed E-state index contributed by atoms with van der Waals surface area (Å²) in [5, 5.41) is 1.20. The van der Waals surface area contributed by atoms with Crippen molar-refractivity contribution in [1.29, 1.82) is 0 Å². The SMILES string of the molecule is CC(C)(CC(=O)N1CCN(CCOC(=O)Cc2ccccc2Cc2c(Cl)cccc2Cl)CC1)SN=O. The molecule has 1 aliphatic rings. The number of piperazine rings is 1. The highest BCUT2D eigenvalue weighted by molar-refractivity contribution is 7.99. The fourth-order valence-corrected chi connectivity index (χ4v) is 5.04. The minimum atomic E-state index is -0.512. The van der Waals surface area contributed by atoms with Gasteiger partial charge in [-0.25, -0.2) is 0 Å². The number of hydrogen-bond acceptors (Lipinski definition) is 7. The number of nitroso groups, excluding NO2 is 1. The Kier molecular flexibility index (Phi) is 10.6. The molecule has 0 atom stereocenters. The van der Waals surface area contributed by atoms with E-state index in [0.29, 0.717) is 55.8 Å². The molecule has 1 heterocycles. The highest BCUT2D eigenvalue weighted by Crippen LogP contribution is 2.30. The van der Waals surface area contributed by atoms with Gasteiger partial charge in [-0.3, -0.25) is 14.5 Å². The van der Waals surface area contributed by atoms with Crippen LogP contribution in [0.4, 0.5) is 0 Å². The van der Waals surface area contributed by atoms with Crippen molar-refractivity contribution in [3.8, 4) is 0 Å². The second kappa shape index (κ2) is 13.4. The van der Waals surface area contributed by atoms with Crippen LogP contribution in [-0.2, 0) is 27.2 Å². The van der Waals surface area contributed by atoms with Crippen molar-refractivity contribution in [2.45, 2.75) is 37.9 Å². The number of ether oxygens (including phenoxy) is 1. The van der Waals surface area contributed by atoms with Gasteiger partial charge in [-0.05, 0) is 42.7 Å². The van der Waals surface area contributed by atoms with Crippen LogP contribution < -0.4 is 0 Å². The molecule has 2 aromatic carbocycles. The maximum Gasteiger partial charge on any atom is 0.310 e. The van der Waals surface area contributed by atoms with Gasteiger partial charge in [0.2, 0.25) is 5.91 Å². The number of esters is 1. The smallest absolute Gasteiger partial charge is 0.310 e. The molecule has 1 saturated heterocycles. The average Bonchev–Trinajstić information content (AvgIpc) is 2.82. The van der Waals surface area contributed by atoms with Crippen LogP contribution in [0, 0.1) is 4.91 Å². The lowest BCUT2D eigenvalue weighted by Gasteiger charge is -2.35. The summed E-state index contributed by atoms with van der Waals surface area (Å²) in [7, 11) is 0. The van der Waals surface area contributed by atoms with Crippen molar-refractivity contribution in [2.75, 3.05) is 39.3 Å². The lowest BCUT2D eigenvalue weighted by Crippen LogP contribution is -2.50. The molecular formula is C26H31Cl2N3O4S. The molecular weight excluding hydrogens is 521 g/mol. The molecule has 10 heteroatoms. The third-order valence-electron chi connectivity index (χ3n) is 6.14. The predicted octanol–water partition coefficient (Wildman–Crippen LogP) is 5.40. The van der Waals surface area contributed by atoms with Crippen molar-refractivity contribution in [3.63, 3.8) is 0 Å². The molecule has 194 valence electrons. The lowest BCUT2D eigenvalue weighted by molar-refractivity contribution is -0.143. The maximum atomic E-state index is 12.5. The Balaban J connectivity index is 1.43. The molecule has 7 nitrogen and oxygen atoms in total. The summed E-state index contributed by atoms with van der Waals surface area (Å²) >= 11 is 13.6. The van der Waals surface area contributed by atoms with Crippen LogP contribution in [0.15, 0.2) is 47.0 Å². The minimum Gasteiger partial charge on any atom is -0.464 e. The van der Waals surface area contributed by atoms with Crippen molar-refractivity contribution in [3.05, 3.63) is 74.1 Å². The highest BCUT2D eigenvalue weighted by atomic mass is 35.5. The molecule has 0 N–H and O–H groups in total. The van der Waals surface area contributed by atoms with Crippen LogP contribution in [0.2, 0.25) is 10.0 Å². The first-order valence-corrected chi connectivity index (χ1v) is 13.4. The first-order chi connectivity index (χ1) is 17.2. The van der Waals surface area contributed by atoms with Gasteiger partial charge in [-0.2, -0.15) is 0 Å². The molecule has 0 bridgehead atoms. The van der Waals surface area contributed by atoms with E-state index in [0.717, 1.165) is 28.6 Å². The Morgan fingerprint density at radius 3 is 2.28 bits per heavy atom. The summed E-state index contributed by atoms with van der Waals surface area (Å²) < 4.78 is 7.86. The summed E-state index contributed by atoms with van der Waals surface area (Å²) in [6, 6.07) is 13.1. The fourth-order valence-electron chi connectivity index (χ4n) is 4.12. The van der Waals surface area contributed by atoms with Gasteiger partial charge in [0, 0.05) is 76.9 Å². The summed E-state index contributed by atoms with van der Waals surface area (Å²) in [6.07, 6.45) is 0.974. The van der Waals surface area contributed by atoms with Gasteiger partial charge >= 0.3 is 5.97 Å². The molecule has 3 rings (SSSR count). The molecule has 0 unspecified atom stereocenters. The van der Waals surface area contributed by atoms with Gasteiger partial charge in [0.05, 0.1) is 6.42 Å². The van der Waals surface area contributed by atoms with Crippen LogP contribution in [0.5, 0.6) is 0 Å². The van der Waals surface area contributed by atoms with Gasteiger partial charge in [0.1, 0.15) is 6.61 Å². The van der Waals surface area contributed by atoms with E-state index in [4.69, 9.17) is 27.9 Å². The Morgan fingerprint density at radius 2 is 1.64 bits per heavy atom. The number of nitrogens with zero attached hydrogens (tertiary/aromatic N) is 3. The van der Waals surface area contributed by atoms with Crippen LogP contribution >= 0.6 is 35.1 Å². The summed E-state index contributed by atoms with van der Waals surface area (Å²) in [5.41, 5.74) is 2.70. The van der Waals surface area contributed by atoms with Crippen molar-refractivity contribution in [2.24, 2.45) is 4.58 Å². The summed E-state index contributed by atoms with van der Waals surface area (Å²) in [6.45, 7) is 7.23. The fraction of sp³-hybridized carbons (Fsp3) is 0.462. The number of rotatable bonds is 11. The Labute approximate surface area is 226 Å². The average molecular weight is 553 g/mol. The highest BCUT2D eigenvalue weighted by Gasteiger charge is 2.28. The quantitative estimate of drug-likeness (QED) is 0.211. The number of carbonyl (C=O) groups excluding carboxylic acids is 2. The third kappa shape index (κ3) is 8.47. The van der Waals surface area contributed by atoms with Gasteiger partial charge in [-0.15, -0.1) is 4.91 Å². The largest absolute Gasteiger partial charge is 0.464 e. The van der Waals surface area contributed by atoms with E-state index in [2.05, 4.69) is 9.48 Å². The van der Waals surface area contributed by atoms with Gasteiger partial charge in [0.15, 0.2) is 0 Å². The standard InChI is InChI=1S/C26H31Cl2N3O4S/c1-26(2,36-29-34)18-24(32)31-12-10-30(11-13-31)14-15-35-25(33)17-20-7-4-3-6-19(20)16-21-22(27)8-5-9-23(21)28/h3-9H,10-18H2,1-2H3. The molecule has 0 aliphatic carbocycles. The molecule has 1 fully saturated rings. The maximum absolute atomic E-state index is 12.5. The zero-order valence-corrected chi connectivity index (χ0v) is 22.9. The van der Waals surface area contributed by atoms with E-state index in [-0.39, 0.29) is 24.7 Å². The monoisotopic (exact) mass is 551 g/mol. The summed E-state index contributed by atoms with van der Waals surface area (Å²) in [4.78, 5) is 39.6. The van der Waals surface area contributed by atoms with Crippen molar-refractivity contribution < 1.29 is 14.3 Å². The molecule has 0 aromatic heterocycles. The minimum absolute atomic E-state index is 0.0268. The first-order valence-electron chi connectivity index (χ1n) is 11.8. The second-order valence-electron chi connectivity index (χ2n) is 9.37. The normalized spacial score (nSPS) is 14.5. The van der Waals surface area contributed by atoms with E-state index in [1.807, 2.05) is 49.1 Å². The zero-order chi connectivity index (χ0) is 26.1. The van der Waals surface area contributed by atoms with Gasteiger partial charge in [0.25, 0.3) is 0 Å². The van der Waals surface area contributed by atoms with Crippen LogP contribution in [-0.4, -0.2) is 65.8 Å². The number of amides is 1. The predicted molar refractivity (Wildman–Crippen MR) is 145 cm³/mol. The number of hydrogen-bond donors (Lipinski definition) is 0. The molecule has 0 saturated carbocycles. The van der Waals surface area contributed by atoms with Crippen LogP contribution in [0.25, 0.3) is 0 Å². The second-order valence-corrected chi connectivity index (χ2v) is 11.6. The Morgan fingerprint density at radius 1 is 1.00 bits per heavy atom. The molecule has 0 radical (unpaired) electrons. The number of benzene rings is 2. The first kappa shape index (κ1) is 28.4. The number of carbonyl (C=O) groups is 2. The summed E-state index contributed by atoms with van der Waals surface area (Å²) in [5.74, 6) is -0.260. The van der Waals surface area contributed by atoms with E-state index in [9.17, 15) is 14.5 Å². The zero-order valence-electron chi connectivity index (χ0n) is 20.5. The van der Waals surface area contributed by atoms with E-state index < -0.39 is 4.75 Å². The Hall–Kier alpha value is -2.13. The van der Waals surface area contributed by atoms with Crippen molar-refractivity contribution in [1.82, 2.24) is 9.80 Å². The molecule has 2 aromatic rings. The topological polar surface area (TPSA) is 79.3 Å². The van der Waals surface area contributed by atoms with Crippen LogP contribution in [0.1, 0.15) is 37.0 Å². The van der Waals surface area contributed by atoms with Gasteiger partial charge < -0.3 is 9.64 Å². The Bertz CT molecular complexity index is 1050. The molecule has 0 spiro atoms. The van der Waals surface area contributed by atoms with E-state index in [1.54, 1.807) is 12.1 Å². The molecule has 36 heavy (non-hydrogen) atoms. The lowest BCUT2D eigenvalue weighted by atomic mass is 9.98. The molecule has 1 amide bonds. The van der Waals surface area contributed by atoms with Crippen LogP contribution in [0.3, 0.4) is 0 Å². The molecule has 1 aliphatic heterocycles. The van der Waals surface area contributed by atoms with Gasteiger partial charge in [-0.1, -0.05) is 53.5 Å².